The topological polar surface area (TPSA) is 73.9 Å². The molecule has 1 rings (SSSR count). The second-order valence-electron chi connectivity index (χ2n) is 5.55. The highest BCUT2D eigenvalue weighted by atomic mass is 16.6. The van der Waals surface area contributed by atoms with E-state index >= 15 is 0 Å². The monoisotopic (exact) mass is 373 g/mol. The van der Waals surface area contributed by atoms with Crippen LogP contribution in [0.4, 0.5) is 0 Å². The molecule has 0 aliphatic carbocycles. The molecule has 0 atom stereocenters. The minimum Gasteiger partial charge on any atom is -0.497 e. The average molecular weight is 373 g/mol. The lowest BCUT2D eigenvalue weighted by Gasteiger charge is -2.29. The van der Waals surface area contributed by atoms with Crippen molar-refractivity contribution in [1.82, 2.24) is 5.32 Å². The van der Waals surface area contributed by atoms with Gasteiger partial charge in [0.25, 0.3) is 0 Å². The SMILES string of the molecule is C=CCNC(CCC#Cc1cccc(OC)c1)(C(=O)OCC)C(=O)OCC. The number of methoxy groups -OCH3 is 1. The van der Waals surface area contributed by atoms with E-state index in [9.17, 15) is 9.59 Å². The Hall–Kier alpha value is -2.78. The van der Waals surface area contributed by atoms with E-state index in [2.05, 4.69) is 23.7 Å². The molecular weight excluding hydrogens is 346 g/mol. The molecule has 6 nitrogen and oxygen atoms in total. The van der Waals surface area contributed by atoms with Gasteiger partial charge in [0.05, 0.1) is 20.3 Å². The third-order valence-corrected chi connectivity index (χ3v) is 3.72. The molecule has 146 valence electrons. The Labute approximate surface area is 160 Å². The van der Waals surface area contributed by atoms with Crippen LogP contribution in [0, 0.1) is 11.8 Å². The normalized spacial score (nSPS) is 10.3. The van der Waals surface area contributed by atoms with E-state index < -0.39 is 17.5 Å². The quantitative estimate of drug-likeness (QED) is 0.294. The minimum absolute atomic E-state index is 0.121. The van der Waals surface area contributed by atoms with Gasteiger partial charge in [0.2, 0.25) is 5.54 Å². The fourth-order valence-electron chi connectivity index (χ4n) is 2.39. The molecule has 0 fully saturated rings. The van der Waals surface area contributed by atoms with Crippen molar-refractivity contribution in [3.63, 3.8) is 0 Å². The molecule has 6 heteroatoms. The molecule has 1 N–H and O–H groups in total. The molecule has 1 aromatic carbocycles. The molecule has 0 amide bonds. The maximum atomic E-state index is 12.6. The largest absolute Gasteiger partial charge is 0.497 e. The van der Waals surface area contributed by atoms with E-state index in [1.807, 2.05) is 24.3 Å². The number of benzene rings is 1. The van der Waals surface area contributed by atoms with Crippen molar-refractivity contribution < 1.29 is 23.8 Å². The summed E-state index contributed by atoms with van der Waals surface area (Å²) in [6.45, 7) is 7.56. The Morgan fingerprint density at radius 1 is 1.22 bits per heavy atom. The summed E-state index contributed by atoms with van der Waals surface area (Å²) in [4.78, 5) is 25.1. The summed E-state index contributed by atoms with van der Waals surface area (Å²) in [6, 6.07) is 7.34. The maximum Gasteiger partial charge on any atom is 0.338 e. The van der Waals surface area contributed by atoms with Gasteiger partial charge < -0.3 is 14.2 Å². The average Bonchev–Trinajstić information content (AvgIpc) is 2.68. The summed E-state index contributed by atoms with van der Waals surface area (Å²) in [5.74, 6) is 5.36. The molecular formula is C21H27NO5. The van der Waals surface area contributed by atoms with Gasteiger partial charge in [-0.1, -0.05) is 24.0 Å². The first-order valence-electron chi connectivity index (χ1n) is 8.87. The zero-order valence-electron chi connectivity index (χ0n) is 16.2. The number of ether oxygens (including phenoxy) is 3. The molecule has 0 bridgehead atoms. The first kappa shape index (κ1) is 22.3. The second-order valence-corrected chi connectivity index (χ2v) is 5.55. The van der Waals surface area contributed by atoms with Gasteiger partial charge in [0.1, 0.15) is 5.75 Å². The number of nitrogens with one attached hydrogen (secondary N) is 1. The van der Waals surface area contributed by atoms with Gasteiger partial charge in [-0.15, -0.1) is 6.58 Å². The number of carbonyl (C=O) groups excluding carboxylic acids is 2. The Morgan fingerprint density at radius 2 is 1.89 bits per heavy atom. The smallest absolute Gasteiger partial charge is 0.338 e. The third kappa shape index (κ3) is 6.46. The number of hydrogen-bond donors (Lipinski definition) is 1. The van der Waals surface area contributed by atoms with Gasteiger partial charge in [-0.2, -0.15) is 0 Å². The molecule has 0 unspecified atom stereocenters. The number of hydrogen-bond acceptors (Lipinski definition) is 6. The summed E-state index contributed by atoms with van der Waals surface area (Å²) in [6.07, 6.45) is 1.98. The molecule has 1 aromatic rings. The van der Waals surface area contributed by atoms with Crippen LogP contribution in [-0.4, -0.2) is 44.3 Å². The summed E-state index contributed by atoms with van der Waals surface area (Å²) >= 11 is 0. The number of carbonyl (C=O) groups is 2. The lowest BCUT2D eigenvalue weighted by Crippen LogP contribution is -2.59. The van der Waals surface area contributed by atoms with Gasteiger partial charge in [-0.3, -0.25) is 5.32 Å². The van der Waals surface area contributed by atoms with Crippen LogP contribution >= 0.6 is 0 Å². The first-order valence-corrected chi connectivity index (χ1v) is 8.87. The molecule has 0 aromatic heterocycles. The van der Waals surface area contributed by atoms with Crippen molar-refractivity contribution in [3.05, 3.63) is 42.5 Å². The van der Waals surface area contributed by atoms with Gasteiger partial charge in [0.15, 0.2) is 0 Å². The van der Waals surface area contributed by atoms with Gasteiger partial charge in [-0.05, 0) is 38.5 Å². The summed E-state index contributed by atoms with van der Waals surface area (Å²) in [5.41, 5.74) is -0.824. The van der Waals surface area contributed by atoms with Crippen LogP contribution in [0.25, 0.3) is 0 Å². The van der Waals surface area contributed by atoms with Gasteiger partial charge in [-0.25, -0.2) is 9.59 Å². The van der Waals surface area contributed by atoms with Crippen molar-refractivity contribution in [2.75, 3.05) is 26.9 Å². The highest BCUT2D eigenvalue weighted by Gasteiger charge is 2.47. The number of esters is 2. The van der Waals surface area contributed by atoms with Crippen molar-refractivity contribution in [2.45, 2.75) is 32.2 Å². The highest BCUT2D eigenvalue weighted by Crippen LogP contribution is 2.19. The Bertz CT molecular complexity index is 684. The van der Waals surface area contributed by atoms with Crippen molar-refractivity contribution >= 4 is 11.9 Å². The summed E-state index contributed by atoms with van der Waals surface area (Å²) < 4.78 is 15.4. The van der Waals surface area contributed by atoms with E-state index in [1.54, 1.807) is 27.0 Å². The van der Waals surface area contributed by atoms with Crippen LogP contribution in [-0.2, 0) is 19.1 Å². The van der Waals surface area contributed by atoms with Crippen LogP contribution in [0.15, 0.2) is 36.9 Å². The van der Waals surface area contributed by atoms with E-state index in [0.29, 0.717) is 12.2 Å². The van der Waals surface area contributed by atoms with E-state index in [0.717, 1.165) is 5.56 Å². The van der Waals surface area contributed by atoms with Crippen LogP contribution < -0.4 is 10.1 Å². The molecule has 0 heterocycles. The molecule has 0 spiro atoms. The van der Waals surface area contributed by atoms with Crippen LogP contribution in [0.3, 0.4) is 0 Å². The molecule has 0 aliphatic rings. The molecule has 0 saturated carbocycles. The van der Waals surface area contributed by atoms with E-state index in [1.165, 1.54) is 0 Å². The Kier molecular flexibility index (Phi) is 9.70. The predicted octanol–water partition coefficient (Wildman–Crippen LogP) is 2.47. The third-order valence-electron chi connectivity index (χ3n) is 3.72. The highest BCUT2D eigenvalue weighted by molar-refractivity contribution is 6.05. The zero-order valence-corrected chi connectivity index (χ0v) is 16.2. The summed E-state index contributed by atoms with van der Waals surface area (Å²) in [5, 5.41) is 2.91. The lowest BCUT2D eigenvalue weighted by molar-refractivity contribution is -0.166. The van der Waals surface area contributed by atoms with Crippen molar-refractivity contribution in [1.29, 1.82) is 0 Å². The summed E-state index contributed by atoms with van der Waals surface area (Å²) in [7, 11) is 1.59. The standard InChI is InChI=1S/C21H27NO5/c1-5-15-22-21(19(23)26-6-2,20(24)27-7-3)14-9-8-11-17-12-10-13-18(16-17)25-4/h5,10,12-13,16,22H,1,6-7,9,14-15H2,2-4H3. The molecule has 0 saturated heterocycles. The predicted molar refractivity (Wildman–Crippen MR) is 103 cm³/mol. The van der Waals surface area contributed by atoms with Crippen molar-refractivity contribution in [2.24, 2.45) is 0 Å². The zero-order chi connectivity index (χ0) is 20.1. The van der Waals surface area contributed by atoms with Crippen molar-refractivity contribution in [3.8, 4) is 17.6 Å². The Balaban J connectivity index is 3.01. The molecule has 0 radical (unpaired) electrons. The van der Waals surface area contributed by atoms with Gasteiger partial charge in [0, 0.05) is 18.5 Å². The van der Waals surface area contributed by atoms with Crippen LogP contribution in [0.5, 0.6) is 5.75 Å². The van der Waals surface area contributed by atoms with Crippen LogP contribution in [0.1, 0.15) is 32.3 Å². The van der Waals surface area contributed by atoms with Gasteiger partial charge >= 0.3 is 11.9 Å². The van der Waals surface area contributed by atoms with Crippen LogP contribution in [0.2, 0.25) is 0 Å². The molecule has 27 heavy (non-hydrogen) atoms. The minimum atomic E-state index is -1.61. The van der Waals surface area contributed by atoms with E-state index in [4.69, 9.17) is 14.2 Å². The maximum absolute atomic E-state index is 12.6. The fraction of sp³-hybridized carbons (Fsp3) is 0.429. The number of rotatable bonds is 10. The molecule has 0 aliphatic heterocycles. The lowest BCUT2D eigenvalue weighted by atomic mass is 9.93. The van der Waals surface area contributed by atoms with E-state index in [-0.39, 0.29) is 26.2 Å². The Morgan fingerprint density at radius 3 is 2.44 bits per heavy atom. The second kappa shape index (κ2) is 11.8. The fourth-order valence-corrected chi connectivity index (χ4v) is 2.39. The first-order chi connectivity index (χ1) is 13.0.